The van der Waals surface area contributed by atoms with E-state index in [-0.39, 0.29) is 42.2 Å². The molecule has 10 heteroatoms. The number of ether oxygens (including phenoxy) is 1. The van der Waals surface area contributed by atoms with Gasteiger partial charge < -0.3 is 15.0 Å². The number of fused-ring (bicyclic) bond motifs is 3. The molecule has 3 atom stereocenters. The second-order valence-electron chi connectivity index (χ2n) is 11.9. The van der Waals surface area contributed by atoms with E-state index in [0.29, 0.717) is 17.6 Å². The van der Waals surface area contributed by atoms with Crippen LogP contribution in [0.1, 0.15) is 47.6 Å². The average Bonchev–Trinajstić information content (AvgIpc) is 3.72. The van der Waals surface area contributed by atoms with Gasteiger partial charge in [0.25, 0.3) is 0 Å². The number of nitrogens with one attached hydrogen (secondary N) is 1. The number of thiazole rings is 1. The van der Waals surface area contributed by atoms with Gasteiger partial charge in [-0.25, -0.2) is 9.78 Å². The maximum Gasteiger partial charge on any atom is 0.410 e. The fraction of sp³-hybridized carbons (Fsp3) is 0.324. The average molecular weight is 611 g/mol. The Morgan fingerprint density at radius 2 is 1.75 bits per heavy atom. The highest BCUT2D eigenvalue weighted by Crippen LogP contribution is 2.47. The molecule has 2 aliphatic rings. The summed E-state index contributed by atoms with van der Waals surface area (Å²) >= 11 is 1.27. The molecule has 0 bridgehead atoms. The van der Waals surface area contributed by atoms with E-state index < -0.39 is 29.5 Å². The van der Waals surface area contributed by atoms with Crippen LogP contribution in [0.25, 0.3) is 10.2 Å². The molecule has 1 N–H and O–H groups in total. The lowest BCUT2D eigenvalue weighted by Crippen LogP contribution is -2.53. The second-order valence-corrected chi connectivity index (χ2v) is 12.9. The maximum absolute atomic E-state index is 14.6. The van der Waals surface area contributed by atoms with Gasteiger partial charge in [-0.3, -0.25) is 19.3 Å². The van der Waals surface area contributed by atoms with Crippen LogP contribution in [0, 0.1) is 5.92 Å². The van der Waals surface area contributed by atoms with Gasteiger partial charge in [0.05, 0.1) is 21.7 Å². The summed E-state index contributed by atoms with van der Waals surface area (Å²) in [6, 6.07) is 22.4. The number of para-hydroxylation sites is 2. The van der Waals surface area contributed by atoms with Crippen LogP contribution in [0.3, 0.4) is 0 Å². The number of ketones is 1. The van der Waals surface area contributed by atoms with Crippen molar-refractivity contribution in [2.24, 2.45) is 5.92 Å². The maximum atomic E-state index is 14.6. The monoisotopic (exact) mass is 610 g/mol. The number of anilines is 1. The Morgan fingerprint density at radius 1 is 1.05 bits per heavy atom. The number of nitrogens with zero attached hydrogens (tertiary/aromatic N) is 3. The zero-order chi connectivity index (χ0) is 31.0. The van der Waals surface area contributed by atoms with Crippen LogP contribution in [0.2, 0.25) is 0 Å². The van der Waals surface area contributed by atoms with Gasteiger partial charge >= 0.3 is 6.09 Å². The largest absolute Gasteiger partial charge is 0.445 e. The molecule has 1 spiro atoms. The number of rotatable bonds is 8. The van der Waals surface area contributed by atoms with Gasteiger partial charge in [0.1, 0.15) is 12.6 Å². The quantitative estimate of drug-likeness (QED) is 0.258. The fourth-order valence-electron chi connectivity index (χ4n) is 6.24. The molecule has 226 valence electrons. The Morgan fingerprint density at radius 3 is 2.50 bits per heavy atom. The van der Waals surface area contributed by atoms with Crippen LogP contribution in [-0.4, -0.2) is 64.2 Å². The Labute approximate surface area is 259 Å². The summed E-state index contributed by atoms with van der Waals surface area (Å²) in [5, 5.41) is 3.25. The number of amides is 3. The third kappa shape index (κ3) is 5.34. The number of benzene rings is 3. The number of Topliss-reactive ketones (excluding diaryl/α,β-unsaturated/α-hetero) is 1. The highest BCUT2D eigenvalue weighted by molar-refractivity contribution is 7.20. The summed E-state index contributed by atoms with van der Waals surface area (Å²) < 4.78 is 6.44. The normalized spacial score (nSPS) is 19.7. The number of hydrogen-bond acceptors (Lipinski definition) is 7. The lowest BCUT2D eigenvalue weighted by molar-refractivity contribution is -0.137. The van der Waals surface area contributed by atoms with Gasteiger partial charge in [-0.1, -0.05) is 74.5 Å². The van der Waals surface area contributed by atoms with Gasteiger partial charge in [0, 0.05) is 19.3 Å². The minimum absolute atomic E-state index is 0.0114. The lowest BCUT2D eigenvalue weighted by atomic mass is 9.79. The van der Waals surface area contributed by atoms with Crippen molar-refractivity contribution in [3.8, 4) is 0 Å². The summed E-state index contributed by atoms with van der Waals surface area (Å²) in [6.45, 7) is 4.02. The van der Waals surface area contributed by atoms with Crippen molar-refractivity contribution in [2.75, 3.05) is 18.9 Å². The highest BCUT2D eigenvalue weighted by Gasteiger charge is 2.58. The molecule has 1 aromatic heterocycles. The van der Waals surface area contributed by atoms with Gasteiger partial charge in [-0.2, -0.15) is 0 Å². The molecule has 44 heavy (non-hydrogen) atoms. The van der Waals surface area contributed by atoms with Crippen LogP contribution >= 0.6 is 11.3 Å². The zero-order valence-electron chi connectivity index (χ0n) is 24.9. The molecule has 0 radical (unpaired) electrons. The first-order valence-electron chi connectivity index (χ1n) is 14.7. The van der Waals surface area contributed by atoms with E-state index in [2.05, 4.69) is 10.3 Å². The first-order valence-corrected chi connectivity index (χ1v) is 15.5. The molecule has 0 saturated carbocycles. The summed E-state index contributed by atoms with van der Waals surface area (Å²) in [6.07, 6.45) is -0.170. The first-order chi connectivity index (χ1) is 21.2. The molecule has 1 fully saturated rings. The van der Waals surface area contributed by atoms with E-state index >= 15 is 0 Å². The van der Waals surface area contributed by atoms with Crippen molar-refractivity contribution >= 4 is 50.9 Å². The third-order valence-corrected chi connectivity index (χ3v) is 9.57. The lowest BCUT2D eigenvalue weighted by Gasteiger charge is -2.33. The number of aromatic nitrogens is 1. The van der Waals surface area contributed by atoms with Crippen LogP contribution < -0.4 is 5.32 Å². The Bertz CT molecular complexity index is 1700. The molecular weight excluding hydrogens is 576 g/mol. The molecule has 2 aliphatic heterocycles. The molecule has 0 unspecified atom stereocenters. The van der Waals surface area contributed by atoms with Gasteiger partial charge in [-0.05, 0) is 48.1 Å². The molecule has 9 nitrogen and oxygen atoms in total. The molecule has 3 heterocycles. The van der Waals surface area contributed by atoms with Crippen molar-refractivity contribution in [3.05, 3.63) is 95.0 Å². The standard InChI is InChI=1S/C34H34N4O5S/c1-21(2)17-26(37(3)33(42)43-19-22-11-5-4-6-12-22)31(40)38-20-34(23-13-7-8-14-24(23)36-32(34)41)18-27(38)29(39)30-35-25-15-9-10-16-28(25)44-30/h4-16,21,26-27H,17-20H2,1-3H3,(H,36,41)/t26-,27-,34-/m0/s1. The van der Waals surface area contributed by atoms with Crippen molar-refractivity contribution in [3.63, 3.8) is 0 Å². The van der Waals surface area contributed by atoms with Crippen LogP contribution in [0.4, 0.5) is 10.5 Å². The Hall–Kier alpha value is -4.57. The number of likely N-dealkylation sites (N-methyl/N-ethyl adjacent to an activating group) is 1. The van der Waals surface area contributed by atoms with Crippen molar-refractivity contribution in [2.45, 2.75) is 50.8 Å². The highest BCUT2D eigenvalue weighted by atomic mass is 32.1. The molecule has 3 amide bonds. The molecule has 1 saturated heterocycles. The molecular formula is C34H34N4O5S. The summed E-state index contributed by atoms with van der Waals surface area (Å²) in [5.41, 5.74) is 1.87. The van der Waals surface area contributed by atoms with Crippen LogP contribution in [0.5, 0.6) is 0 Å². The summed E-state index contributed by atoms with van der Waals surface area (Å²) in [5.74, 6) is -0.900. The topological polar surface area (TPSA) is 109 Å². The van der Waals surface area contributed by atoms with E-state index in [1.165, 1.54) is 21.1 Å². The summed E-state index contributed by atoms with van der Waals surface area (Å²) in [4.78, 5) is 63.1. The van der Waals surface area contributed by atoms with Crippen LogP contribution in [-0.2, 0) is 26.3 Å². The zero-order valence-corrected chi connectivity index (χ0v) is 25.7. The smallest absolute Gasteiger partial charge is 0.410 e. The van der Waals surface area contributed by atoms with Gasteiger partial charge in [-0.15, -0.1) is 11.3 Å². The fourth-order valence-corrected chi connectivity index (χ4v) is 7.19. The van der Waals surface area contributed by atoms with E-state index in [1.54, 1.807) is 7.05 Å². The van der Waals surface area contributed by atoms with Gasteiger partial charge in [0.15, 0.2) is 5.01 Å². The molecule has 3 aromatic carbocycles. The SMILES string of the molecule is CC(C)C[C@@H](C(=O)N1C[C@]2(C[C@H]1C(=O)c1nc3ccccc3s1)C(=O)Nc1ccccc12)N(C)C(=O)OCc1ccccc1. The second kappa shape index (κ2) is 11.8. The summed E-state index contributed by atoms with van der Waals surface area (Å²) in [7, 11) is 1.55. The molecule has 0 aliphatic carbocycles. The number of likely N-dealkylation sites (tertiary alicyclic amines) is 1. The third-order valence-electron chi connectivity index (χ3n) is 8.51. The minimum Gasteiger partial charge on any atom is -0.445 e. The van der Waals surface area contributed by atoms with E-state index in [0.717, 1.165) is 15.8 Å². The Balaban J connectivity index is 1.34. The number of hydrogen-bond donors (Lipinski definition) is 1. The minimum atomic E-state index is -1.10. The van der Waals surface area contributed by atoms with Crippen molar-refractivity contribution < 1.29 is 23.9 Å². The van der Waals surface area contributed by atoms with Crippen LogP contribution in [0.15, 0.2) is 78.9 Å². The van der Waals surface area contributed by atoms with Crippen molar-refractivity contribution in [1.29, 1.82) is 0 Å². The van der Waals surface area contributed by atoms with E-state index in [4.69, 9.17) is 4.74 Å². The Kier molecular flexibility index (Phi) is 7.94. The van der Waals surface area contributed by atoms with Crippen molar-refractivity contribution in [1.82, 2.24) is 14.8 Å². The van der Waals surface area contributed by atoms with E-state index in [9.17, 15) is 19.2 Å². The number of carbonyl (C=O) groups excluding carboxylic acids is 4. The van der Waals surface area contributed by atoms with E-state index in [1.807, 2.05) is 92.7 Å². The molecule has 4 aromatic rings. The predicted molar refractivity (Wildman–Crippen MR) is 168 cm³/mol. The predicted octanol–water partition coefficient (Wildman–Crippen LogP) is 5.65. The number of carbonyl (C=O) groups is 4. The molecule has 6 rings (SSSR count). The first kappa shape index (κ1) is 29.5. The van der Waals surface area contributed by atoms with Gasteiger partial charge in [0.2, 0.25) is 17.6 Å².